The molecule has 0 spiro atoms. The van der Waals surface area contributed by atoms with Crippen molar-refractivity contribution < 1.29 is 13.2 Å². The van der Waals surface area contributed by atoms with Crippen molar-refractivity contribution in [1.29, 1.82) is 0 Å². The average Bonchev–Trinajstić information content (AvgIpc) is 2.52. The molecule has 0 radical (unpaired) electrons. The van der Waals surface area contributed by atoms with E-state index in [1.165, 1.54) is 24.5 Å². The van der Waals surface area contributed by atoms with Gasteiger partial charge in [0.05, 0.1) is 21.2 Å². The number of rotatable bonds is 2. The molecule has 1 aliphatic rings. The van der Waals surface area contributed by atoms with Gasteiger partial charge in [-0.25, -0.2) is 8.42 Å². The topological polar surface area (TPSA) is 102 Å². The zero-order chi connectivity index (χ0) is 16.6. The maximum absolute atomic E-state index is 12.4. The third kappa shape index (κ3) is 3.08. The first-order valence-corrected chi connectivity index (χ1v) is 8.94. The van der Waals surface area contributed by atoms with E-state index in [9.17, 15) is 13.2 Å². The molecule has 1 aromatic heterocycles. The molecule has 0 unspecified atom stereocenters. The molecule has 3 N–H and O–H groups in total. The average molecular weight is 352 g/mol. The molecular weight excluding hydrogens is 338 g/mol. The van der Waals surface area contributed by atoms with Crippen LogP contribution < -0.4 is 11.1 Å². The van der Waals surface area contributed by atoms with Crippen LogP contribution in [0.3, 0.4) is 0 Å². The normalized spacial score (nSPS) is 19.0. The minimum absolute atomic E-state index is 0.0335. The number of hydrogen-bond donors (Lipinski definition) is 2. The second-order valence-corrected chi connectivity index (χ2v) is 7.76. The van der Waals surface area contributed by atoms with Gasteiger partial charge in [-0.1, -0.05) is 11.6 Å². The van der Waals surface area contributed by atoms with Gasteiger partial charge in [-0.2, -0.15) is 0 Å². The molecule has 0 saturated heterocycles. The predicted octanol–water partition coefficient (Wildman–Crippen LogP) is 2.16. The molecule has 1 aliphatic heterocycles. The summed E-state index contributed by atoms with van der Waals surface area (Å²) in [6.07, 6.45) is 3.41. The van der Waals surface area contributed by atoms with Crippen molar-refractivity contribution in [3.05, 3.63) is 52.8 Å². The van der Waals surface area contributed by atoms with Crippen molar-refractivity contribution in [3.8, 4) is 0 Å². The second-order valence-electron chi connectivity index (χ2n) is 5.27. The minimum Gasteiger partial charge on any atom is -0.324 e. The van der Waals surface area contributed by atoms with Gasteiger partial charge in [-0.3, -0.25) is 9.78 Å². The van der Waals surface area contributed by atoms with Crippen LogP contribution in [0.25, 0.3) is 0 Å². The summed E-state index contributed by atoms with van der Waals surface area (Å²) in [5, 5.41) is 2.82. The van der Waals surface area contributed by atoms with Gasteiger partial charge in [0, 0.05) is 24.1 Å². The summed E-state index contributed by atoms with van der Waals surface area (Å²) in [4.78, 5) is 16.3. The summed E-state index contributed by atoms with van der Waals surface area (Å²) < 4.78 is 24.4. The summed E-state index contributed by atoms with van der Waals surface area (Å²) in [6.45, 7) is 0. The maximum Gasteiger partial charge on any atom is 0.257 e. The Bertz CT molecular complexity index is 869. The molecular formula is C15H14ClN3O3S. The number of carbonyl (C=O) groups is 1. The smallest absolute Gasteiger partial charge is 0.257 e. The van der Waals surface area contributed by atoms with Crippen LogP contribution >= 0.6 is 11.6 Å². The highest BCUT2D eigenvalue weighted by molar-refractivity contribution is 7.91. The Morgan fingerprint density at radius 1 is 1.30 bits per heavy atom. The summed E-state index contributed by atoms with van der Waals surface area (Å²) in [6, 6.07) is 5.62. The number of amides is 1. The van der Waals surface area contributed by atoms with Crippen LogP contribution in [0.1, 0.15) is 28.4 Å². The van der Waals surface area contributed by atoms with Gasteiger partial charge < -0.3 is 11.1 Å². The minimum atomic E-state index is -3.45. The van der Waals surface area contributed by atoms with Crippen LogP contribution in [0.2, 0.25) is 5.02 Å². The van der Waals surface area contributed by atoms with E-state index in [1.54, 1.807) is 12.1 Å². The SMILES string of the molecule is N[C@H]1CCS(=O)(=O)c2cc(C(=O)Nc3ccncc3)c(Cl)cc21. The Morgan fingerprint density at radius 3 is 2.70 bits per heavy atom. The molecule has 2 heterocycles. The van der Waals surface area contributed by atoms with Crippen LogP contribution in [0.4, 0.5) is 5.69 Å². The van der Waals surface area contributed by atoms with E-state index in [0.717, 1.165) is 0 Å². The highest BCUT2D eigenvalue weighted by Gasteiger charge is 2.30. The van der Waals surface area contributed by atoms with Gasteiger partial charge in [0.25, 0.3) is 5.91 Å². The standard InChI is InChI=1S/C15H14ClN3O3S/c16-12-7-11-13(17)3-6-23(21,22)14(11)8-10(12)15(20)19-9-1-4-18-5-2-9/h1-2,4-5,7-8,13H,3,6,17H2,(H,18,19,20)/t13-/m0/s1. The molecule has 6 nitrogen and oxygen atoms in total. The summed E-state index contributed by atoms with van der Waals surface area (Å²) >= 11 is 6.16. The Kier molecular flexibility index (Phi) is 4.09. The maximum atomic E-state index is 12.4. The lowest BCUT2D eigenvalue weighted by Crippen LogP contribution is -2.26. The number of halogens is 1. The van der Waals surface area contributed by atoms with Crippen LogP contribution in [0.5, 0.6) is 0 Å². The van der Waals surface area contributed by atoms with Crippen LogP contribution in [0, 0.1) is 0 Å². The van der Waals surface area contributed by atoms with Crippen molar-refractivity contribution in [1.82, 2.24) is 4.98 Å². The molecule has 0 bridgehead atoms. The lowest BCUT2D eigenvalue weighted by molar-refractivity contribution is 0.102. The molecule has 1 aromatic carbocycles. The fraction of sp³-hybridized carbons (Fsp3) is 0.200. The summed E-state index contributed by atoms with van der Waals surface area (Å²) in [5.74, 6) is -0.521. The van der Waals surface area contributed by atoms with Crippen LogP contribution in [0.15, 0.2) is 41.6 Å². The molecule has 0 fully saturated rings. The molecule has 1 amide bonds. The number of benzene rings is 1. The van der Waals surface area contributed by atoms with E-state index in [0.29, 0.717) is 17.7 Å². The molecule has 120 valence electrons. The number of anilines is 1. The van der Waals surface area contributed by atoms with Crippen molar-refractivity contribution in [2.75, 3.05) is 11.1 Å². The predicted molar refractivity (Wildman–Crippen MR) is 87.2 cm³/mol. The lowest BCUT2D eigenvalue weighted by atomic mass is 10.0. The monoisotopic (exact) mass is 351 g/mol. The van der Waals surface area contributed by atoms with E-state index in [-0.39, 0.29) is 21.2 Å². The Labute approximate surface area is 138 Å². The van der Waals surface area contributed by atoms with Crippen molar-refractivity contribution in [2.24, 2.45) is 5.73 Å². The number of nitrogens with two attached hydrogens (primary N) is 1. The number of carbonyl (C=O) groups excluding carboxylic acids is 1. The largest absolute Gasteiger partial charge is 0.324 e. The van der Waals surface area contributed by atoms with Crippen LogP contribution in [-0.2, 0) is 9.84 Å². The first-order valence-electron chi connectivity index (χ1n) is 6.91. The molecule has 0 aliphatic carbocycles. The van der Waals surface area contributed by atoms with E-state index >= 15 is 0 Å². The molecule has 0 saturated carbocycles. The van der Waals surface area contributed by atoms with Gasteiger partial charge >= 0.3 is 0 Å². The number of aromatic nitrogens is 1. The van der Waals surface area contributed by atoms with Gasteiger partial charge in [0.15, 0.2) is 9.84 Å². The van der Waals surface area contributed by atoms with Gasteiger partial charge in [-0.05, 0) is 36.2 Å². The first-order chi connectivity index (χ1) is 10.9. The van der Waals surface area contributed by atoms with Crippen LogP contribution in [-0.4, -0.2) is 25.1 Å². The van der Waals surface area contributed by atoms with E-state index in [1.807, 2.05) is 0 Å². The van der Waals surface area contributed by atoms with E-state index in [2.05, 4.69) is 10.3 Å². The highest BCUT2D eigenvalue weighted by Crippen LogP contribution is 2.34. The Hall–Kier alpha value is -1.96. The number of fused-ring (bicyclic) bond motifs is 1. The fourth-order valence-electron chi connectivity index (χ4n) is 2.48. The number of nitrogens with one attached hydrogen (secondary N) is 1. The zero-order valence-corrected chi connectivity index (χ0v) is 13.6. The number of sulfone groups is 1. The quantitative estimate of drug-likeness (QED) is 0.863. The summed E-state index contributed by atoms with van der Waals surface area (Å²) in [7, 11) is -3.45. The molecule has 8 heteroatoms. The zero-order valence-electron chi connectivity index (χ0n) is 12.0. The lowest BCUT2D eigenvalue weighted by Gasteiger charge is -2.23. The number of pyridine rings is 1. The van der Waals surface area contributed by atoms with Crippen molar-refractivity contribution >= 4 is 33.0 Å². The highest BCUT2D eigenvalue weighted by atomic mass is 35.5. The molecule has 2 aromatic rings. The Morgan fingerprint density at radius 2 is 2.00 bits per heavy atom. The molecule has 23 heavy (non-hydrogen) atoms. The molecule has 3 rings (SSSR count). The van der Waals surface area contributed by atoms with Gasteiger partial charge in [-0.15, -0.1) is 0 Å². The third-order valence-corrected chi connectivity index (χ3v) is 5.82. The van der Waals surface area contributed by atoms with Gasteiger partial charge in [0.1, 0.15) is 0 Å². The molecule has 1 atom stereocenters. The summed E-state index contributed by atoms with van der Waals surface area (Å²) in [5.41, 5.74) is 7.05. The fourth-order valence-corrected chi connectivity index (χ4v) is 4.39. The van der Waals surface area contributed by atoms with E-state index in [4.69, 9.17) is 17.3 Å². The third-order valence-electron chi connectivity index (χ3n) is 3.71. The second kappa shape index (κ2) is 5.92. The first kappa shape index (κ1) is 15.9. The van der Waals surface area contributed by atoms with Gasteiger partial charge in [0.2, 0.25) is 0 Å². The van der Waals surface area contributed by atoms with Crippen molar-refractivity contribution in [2.45, 2.75) is 17.4 Å². The van der Waals surface area contributed by atoms with E-state index < -0.39 is 21.8 Å². The number of nitrogens with zero attached hydrogens (tertiary/aromatic N) is 1. The van der Waals surface area contributed by atoms with Crippen molar-refractivity contribution in [3.63, 3.8) is 0 Å². The number of hydrogen-bond acceptors (Lipinski definition) is 5. The Balaban J connectivity index is 2.02.